The maximum Gasteiger partial charge on any atom is 0.306 e. The van der Waals surface area contributed by atoms with Crippen molar-refractivity contribution in [1.29, 1.82) is 0 Å². The van der Waals surface area contributed by atoms with E-state index in [1.165, 1.54) is 0 Å². The van der Waals surface area contributed by atoms with Crippen LogP contribution in [-0.4, -0.2) is 24.7 Å². The second-order valence-corrected chi connectivity index (χ2v) is 4.61. The Labute approximate surface area is 117 Å². The van der Waals surface area contributed by atoms with E-state index in [0.29, 0.717) is 19.4 Å². The van der Waals surface area contributed by atoms with Crippen molar-refractivity contribution in [3.8, 4) is 5.75 Å². The molecule has 1 aliphatic heterocycles. The molecule has 20 heavy (non-hydrogen) atoms. The Hall–Kier alpha value is -2.21. The van der Waals surface area contributed by atoms with Gasteiger partial charge in [-0.15, -0.1) is 9.71 Å². The number of benzene rings is 1. The minimum Gasteiger partial charge on any atom is -0.508 e. The highest BCUT2D eigenvalue weighted by molar-refractivity contribution is 5.69. The second-order valence-electron chi connectivity index (χ2n) is 4.61. The number of carbonyl (C=O) groups is 1. The molecular formula is C14H18N3O3+. The van der Waals surface area contributed by atoms with Gasteiger partial charge >= 0.3 is 5.97 Å². The van der Waals surface area contributed by atoms with E-state index in [-0.39, 0.29) is 16.3 Å². The van der Waals surface area contributed by atoms with E-state index in [0.717, 1.165) is 11.4 Å². The van der Waals surface area contributed by atoms with Crippen LogP contribution in [-0.2, 0) is 9.53 Å². The number of esters is 1. The van der Waals surface area contributed by atoms with E-state index < -0.39 is 0 Å². The third-order valence-electron chi connectivity index (χ3n) is 3.24. The van der Waals surface area contributed by atoms with Crippen LogP contribution in [0.2, 0.25) is 0 Å². The SMILES string of the molecule is CCOC(=O)CCC1=CN=N[N+]1(C)c1ccc(O)cc1. The van der Waals surface area contributed by atoms with E-state index in [2.05, 4.69) is 10.3 Å². The van der Waals surface area contributed by atoms with Crippen molar-refractivity contribution in [1.82, 2.24) is 4.59 Å². The number of aromatic hydroxyl groups is 1. The molecule has 0 aliphatic carbocycles. The van der Waals surface area contributed by atoms with Gasteiger partial charge in [0, 0.05) is 23.8 Å². The third kappa shape index (κ3) is 2.85. The van der Waals surface area contributed by atoms with Gasteiger partial charge in [0.1, 0.15) is 19.0 Å². The number of allylic oxidation sites excluding steroid dienone is 1. The lowest BCUT2D eigenvalue weighted by Crippen LogP contribution is -2.36. The Kier molecular flexibility index (Phi) is 4.14. The zero-order valence-corrected chi connectivity index (χ0v) is 11.6. The molecule has 1 aliphatic rings. The van der Waals surface area contributed by atoms with E-state index in [4.69, 9.17) is 4.74 Å². The first-order valence-electron chi connectivity index (χ1n) is 6.50. The molecular weight excluding hydrogens is 258 g/mol. The third-order valence-corrected chi connectivity index (χ3v) is 3.24. The smallest absolute Gasteiger partial charge is 0.306 e. The van der Waals surface area contributed by atoms with Crippen molar-refractivity contribution < 1.29 is 14.6 Å². The zero-order chi connectivity index (χ0) is 14.6. The Morgan fingerprint density at radius 1 is 1.35 bits per heavy atom. The molecule has 6 heteroatoms. The topological polar surface area (TPSA) is 71.2 Å². The molecule has 6 nitrogen and oxygen atoms in total. The molecule has 0 saturated carbocycles. The molecule has 1 unspecified atom stereocenters. The second kappa shape index (κ2) is 5.83. The van der Waals surface area contributed by atoms with E-state index in [9.17, 15) is 9.90 Å². The van der Waals surface area contributed by atoms with Crippen LogP contribution in [0.15, 0.2) is 46.5 Å². The molecule has 1 atom stereocenters. The summed E-state index contributed by atoms with van der Waals surface area (Å²) >= 11 is 0. The number of ether oxygens (including phenoxy) is 1. The van der Waals surface area contributed by atoms with Gasteiger partial charge in [-0.05, 0) is 19.1 Å². The summed E-state index contributed by atoms with van der Waals surface area (Å²) in [7, 11) is 1.89. The molecule has 2 rings (SSSR count). The first-order valence-corrected chi connectivity index (χ1v) is 6.50. The fourth-order valence-corrected chi connectivity index (χ4v) is 2.07. The van der Waals surface area contributed by atoms with E-state index in [1.54, 1.807) is 37.4 Å². The summed E-state index contributed by atoms with van der Waals surface area (Å²) in [5.41, 5.74) is 1.78. The van der Waals surface area contributed by atoms with Crippen molar-refractivity contribution in [3.63, 3.8) is 0 Å². The first-order chi connectivity index (χ1) is 9.56. The summed E-state index contributed by atoms with van der Waals surface area (Å²) in [5.74, 6) is -0.0221. The monoisotopic (exact) mass is 276 g/mol. The number of hydrogen-bond donors (Lipinski definition) is 1. The van der Waals surface area contributed by atoms with Crippen molar-refractivity contribution in [2.24, 2.45) is 10.3 Å². The van der Waals surface area contributed by atoms with Crippen molar-refractivity contribution >= 4 is 11.7 Å². The highest BCUT2D eigenvalue weighted by Crippen LogP contribution is 2.34. The molecule has 1 aromatic carbocycles. The Morgan fingerprint density at radius 2 is 2.05 bits per heavy atom. The lowest BCUT2D eigenvalue weighted by Gasteiger charge is -2.23. The van der Waals surface area contributed by atoms with Gasteiger partial charge in [0.15, 0.2) is 11.4 Å². The normalized spacial score (nSPS) is 20.8. The fourth-order valence-electron chi connectivity index (χ4n) is 2.07. The van der Waals surface area contributed by atoms with Crippen LogP contribution in [0.5, 0.6) is 5.75 Å². The summed E-state index contributed by atoms with van der Waals surface area (Å²) in [6, 6.07) is 6.79. The van der Waals surface area contributed by atoms with Gasteiger partial charge < -0.3 is 9.84 Å². The van der Waals surface area contributed by atoms with Crippen molar-refractivity contribution in [2.45, 2.75) is 19.8 Å². The van der Waals surface area contributed by atoms with Crippen LogP contribution in [0, 0.1) is 0 Å². The Balaban J connectivity index is 2.11. The van der Waals surface area contributed by atoms with E-state index in [1.807, 2.05) is 7.05 Å². The molecule has 0 radical (unpaired) electrons. The maximum absolute atomic E-state index is 11.4. The highest BCUT2D eigenvalue weighted by atomic mass is 16.5. The minimum absolute atomic E-state index is 0.166. The summed E-state index contributed by atoms with van der Waals surface area (Å²) in [6.07, 6.45) is 2.51. The van der Waals surface area contributed by atoms with Gasteiger partial charge in [-0.3, -0.25) is 4.79 Å². The summed E-state index contributed by atoms with van der Waals surface area (Å²) in [4.78, 5) is 11.4. The summed E-state index contributed by atoms with van der Waals surface area (Å²) in [5, 5.41) is 17.5. The molecule has 106 valence electrons. The Bertz CT molecular complexity index is 551. The van der Waals surface area contributed by atoms with Crippen LogP contribution in [0.3, 0.4) is 0 Å². The standard InChI is InChI=1S/C14H17N3O3/c1-3-20-14(19)9-6-12-10-15-16-17(12,2)11-4-7-13(18)8-5-11/h4-5,7-8,10H,3,6,9H2,1-2H3/p+1. The van der Waals surface area contributed by atoms with Gasteiger partial charge in [0.25, 0.3) is 0 Å². The average Bonchev–Trinajstić information content (AvgIpc) is 2.80. The zero-order valence-electron chi connectivity index (χ0n) is 11.6. The lowest BCUT2D eigenvalue weighted by atomic mass is 10.2. The number of phenolic OH excluding ortho intramolecular Hbond substituents is 1. The van der Waals surface area contributed by atoms with Gasteiger partial charge in [-0.1, -0.05) is 0 Å². The summed E-state index contributed by atoms with van der Waals surface area (Å²) in [6.45, 7) is 2.17. The first kappa shape index (κ1) is 14.2. The molecule has 0 spiro atoms. The van der Waals surface area contributed by atoms with Gasteiger partial charge in [0.05, 0.1) is 13.0 Å². The highest BCUT2D eigenvalue weighted by Gasteiger charge is 2.35. The molecule has 1 heterocycles. The summed E-state index contributed by atoms with van der Waals surface area (Å²) < 4.78 is 5.09. The maximum atomic E-state index is 11.4. The number of phenols is 1. The van der Waals surface area contributed by atoms with Crippen LogP contribution in [0.25, 0.3) is 0 Å². The fraction of sp³-hybridized carbons (Fsp3) is 0.357. The van der Waals surface area contributed by atoms with E-state index >= 15 is 0 Å². The van der Waals surface area contributed by atoms with Gasteiger partial charge in [0.2, 0.25) is 0 Å². The molecule has 0 bridgehead atoms. The molecule has 1 aromatic rings. The number of quaternary nitrogens is 1. The van der Waals surface area contributed by atoms with Crippen LogP contribution >= 0.6 is 0 Å². The predicted molar refractivity (Wildman–Crippen MR) is 74.6 cm³/mol. The van der Waals surface area contributed by atoms with Crippen LogP contribution in [0.1, 0.15) is 19.8 Å². The van der Waals surface area contributed by atoms with Crippen molar-refractivity contribution in [2.75, 3.05) is 13.7 Å². The predicted octanol–water partition coefficient (Wildman–Crippen LogP) is 2.89. The molecule has 0 fully saturated rings. The number of hydrogen-bond acceptors (Lipinski definition) is 5. The van der Waals surface area contributed by atoms with Gasteiger partial charge in [-0.2, -0.15) is 0 Å². The Morgan fingerprint density at radius 3 is 2.70 bits per heavy atom. The van der Waals surface area contributed by atoms with Gasteiger partial charge in [-0.25, -0.2) is 0 Å². The number of rotatable bonds is 5. The molecule has 1 N–H and O–H groups in total. The molecule has 0 saturated heterocycles. The average molecular weight is 276 g/mol. The lowest BCUT2D eigenvalue weighted by molar-refractivity contribution is -0.143. The molecule has 0 aromatic heterocycles. The largest absolute Gasteiger partial charge is 0.508 e. The van der Waals surface area contributed by atoms with Crippen LogP contribution < -0.4 is 4.59 Å². The van der Waals surface area contributed by atoms with Crippen LogP contribution in [0.4, 0.5) is 5.69 Å². The molecule has 0 amide bonds. The number of carbonyl (C=O) groups excluding carboxylic acids is 1. The quantitative estimate of drug-likeness (QED) is 0.664. The van der Waals surface area contributed by atoms with Crippen molar-refractivity contribution in [3.05, 3.63) is 36.2 Å². The number of nitrogens with zero attached hydrogens (tertiary/aromatic N) is 3. The minimum atomic E-state index is -0.224.